The molecule has 1 fully saturated rings. The number of carbonyl (C=O) groups excluding carboxylic acids is 2. The third-order valence-electron chi connectivity index (χ3n) is 4.53. The number of esters is 1. The van der Waals surface area contributed by atoms with Gasteiger partial charge in [0.05, 0.1) is 17.0 Å². The Balaban J connectivity index is 1.43. The van der Waals surface area contributed by atoms with E-state index in [9.17, 15) is 9.59 Å². The van der Waals surface area contributed by atoms with Crippen molar-refractivity contribution in [3.8, 4) is 5.75 Å². The Morgan fingerprint density at radius 1 is 1.00 bits per heavy atom. The van der Waals surface area contributed by atoms with E-state index in [1.165, 1.54) is 11.8 Å². The third-order valence-corrected chi connectivity index (χ3v) is 6.16. The first-order valence-electron chi connectivity index (χ1n) is 9.37. The molecule has 154 valence electrons. The maximum absolute atomic E-state index is 12.8. The number of nitrogens with zero attached hydrogens (tertiary/aromatic N) is 1. The lowest BCUT2D eigenvalue weighted by atomic mass is 10.2. The molecule has 4 nitrogen and oxygen atoms in total. The molecule has 0 aliphatic carbocycles. The van der Waals surface area contributed by atoms with Gasteiger partial charge in [-0.25, -0.2) is 4.79 Å². The lowest BCUT2D eigenvalue weighted by molar-refractivity contribution is -0.122. The molecule has 0 bridgehead atoms. The average Bonchev–Trinajstić information content (AvgIpc) is 3.03. The lowest BCUT2D eigenvalue weighted by Gasteiger charge is -2.14. The van der Waals surface area contributed by atoms with Crippen molar-refractivity contribution in [2.75, 3.05) is 0 Å². The highest BCUT2D eigenvalue weighted by molar-refractivity contribution is 8.26. The van der Waals surface area contributed by atoms with Crippen molar-refractivity contribution in [3.05, 3.63) is 105 Å². The van der Waals surface area contributed by atoms with Gasteiger partial charge in [-0.15, -0.1) is 0 Å². The van der Waals surface area contributed by atoms with Gasteiger partial charge in [-0.1, -0.05) is 78.0 Å². The van der Waals surface area contributed by atoms with Gasteiger partial charge in [-0.3, -0.25) is 9.69 Å². The van der Waals surface area contributed by atoms with Crippen LogP contribution in [0, 0.1) is 0 Å². The Morgan fingerprint density at radius 3 is 2.35 bits per heavy atom. The van der Waals surface area contributed by atoms with E-state index in [1.54, 1.807) is 59.5 Å². The molecule has 0 radical (unpaired) electrons. The van der Waals surface area contributed by atoms with Gasteiger partial charge in [0.2, 0.25) is 0 Å². The Kier molecular flexibility index (Phi) is 6.51. The molecule has 1 aliphatic heterocycles. The zero-order valence-corrected chi connectivity index (χ0v) is 18.5. The molecule has 0 N–H and O–H groups in total. The average molecular weight is 466 g/mol. The van der Waals surface area contributed by atoms with Crippen LogP contribution in [0.25, 0.3) is 6.08 Å². The summed E-state index contributed by atoms with van der Waals surface area (Å²) in [6.07, 6.45) is 1.79. The zero-order valence-electron chi connectivity index (χ0n) is 16.2. The summed E-state index contributed by atoms with van der Waals surface area (Å²) in [6.45, 7) is 0.447. The van der Waals surface area contributed by atoms with Crippen molar-refractivity contribution in [2.24, 2.45) is 0 Å². The Morgan fingerprint density at radius 2 is 1.68 bits per heavy atom. The fourth-order valence-electron chi connectivity index (χ4n) is 2.94. The van der Waals surface area contributed by atoms with Crippen molar-refractivity contribution in [3.63, 3.8) is 0 Å². The number of carbonyl (C=O) groups is 2. The molecule has 0 unspecified atom stereocenters. The normalized spacial score (nSPS) is 14.9. The molecular formula is C24H16ClNO3S2. The van der Waals surface area contributed by atoms with E-state index in [-0.39, 0.29) is 5.91 Å². The van der Waals surface area contributed by atoms with Gasteiger partial charge in [0, 0.05) is 5.02 Å². The highest BCUT2D eigenvalue weighted by Gasteiger charge is 2.31. The molecule has 1 aliphatic rings. The first-order chi connectivity index (χ1) is 15.0. The van der Waals surface area contributed by atoms with Gasteiger partial charge in [-0.05, 0) is 53.6 Å². The Labute approximate surface area is 194 Å². The standard InChI is InChI=1S/C24H16ClNO3S2/c25-19-10-8-18(9-11-19)23(28)29-20-12-6-16(7-13-20)14-21-22(27)26(24(30)31-21)15-17-4-2-1-3-5-17/h1-14H,15H2/b21-14-. The van der Waals surface area contributed by atoms with Crippen LogP contribution in [-0.4, -0.2) is 21.1 Å². The second-order valence-corrected chi connectivity index (χ2v) is 8.83. The molecular weight excluding hydrogens is 450 g/mol. The molecule has 31 heavy (non-hydrogen) atoms. The van der Waals surface area contributed by atoms with E-state index < -0.39 is 5.97 Å². The minimum absolute atomic E-state index is 0.114. The van der Waals surface area contributed by atoms with Crippen LogP contribution in [0.1, 0.15) is 21.5 Å². The van der Waals surface area contributed by atoms with Gasteiger partial charge >= 0.3 is 5.97 Å². The van der Waals surface area contributed by atoms with E-state index >= 15 is 0 Å². The summed E-state index contributed by atoms with van der Waals surface area (Å²) in [5.41, 5.74) is 2.24. The molecule has 3 aromatic carbocycles. The quantitative estimate of drug-likeness (QED) is 0.201. The van der Waals surface area contributed by atoms with Crippen molar-refractivity contribution < 1.29 is 14.3 Å². The molecule has 0 aromatic heterocycles. The molecule has 1 amide bonds. The third kappa shape index (κ3) is 5.22. The number of hydrogen-bond acceptors (Lipinski definition) is 5. The van der Waals surface area contributed by atoms with E-state index in [2.05, 4.69) is 0 Å². The van der Waals surface area contributed by atoms with Crippen LogP contribution in [-0.2, 0) is 11.3 Å². The highest BCUT2D eigenvalue weighted by Crippen LogP contribution is 2.33. The number of rotatable bonds is 5. The predicted molar refractivity (Wildman–Crippen MR) is 128 cm³/mol. The number of halogens is 1. The van der Waals surface area contributed by atoms with Gasteiger partial charge in [0.15, 0.2) is 0 Å². The van der Waals surface area contributed by atoms with Gasteiger partial charge in [0.1, 0.15) is 10.1 Å². The number of thiocarbonyl (C=S) groups is 1. The summed E-state index contributed by atoms with van der Waals surface area (Å²) in [6, 6.07) is 23.2. The van der Waals surface area contributed by atoms with Crippen LogP contribution in [0.4, 0.5) is 0 Å². The van der Waals surface area contributed by atoms with E-state index in [0.717, 1.165) is 11.1 Å². The molecule has 0 atom stereocenters. The van der Waals surface area contributed by atoms with Crippen LogP contribution >= 0.6 is 35.6 Å². The highest BCUT2D eigenvalue weighted by atomic mass is 35.5. The number of ether oxygens (including phenoxy) is 1. The summed E-state index contributed by atoms with van der Waals surface area (Å²) in [4.78, 5) is 27.2. The summed E-state index contributed by atoms with van der Waals surface area (Å²) in [5, 5.41) is 0.551. The maximum Gasteiger partial charge on any atom is 0.343 e. The molecule has 0 saturated carbocycles. The fourth-order valence-corrected chi connectivity index (χ4v) is 4.32. The molecule has 3 aromatic rings. The monoisotopic (exact) mass is 465 g/mol. The predicted octanol–water partition coefficient (Wildman–Crippen LogP) is 5.96. The second kappa shape index (κ2) is 9.47. The topological polar surface area (TPSA) is 46.6 Å². The Hall–Kier alpha value is -2.93. The van der Waals surface area contributed by atoms with E-state index in [4.69, 9.17) is 28.6 Å². The van der Waals surface area contributed by atoms with Crippen LogP contribution in [0.3, 0.4) is 0 Å². The van der Waals surface area contributed by atoms with Gasteiger partial charge < -0.3 is 4.74 Å². The minimum atomic E-state index is -0.466. The van der Waals surface area contributed by atoms with Crippen molar-refractivity contribution in [2.45, 2.75) is 6.54 Å². The summed E-state index contributed by atoms with van der Waals surface area (Å²) >= 11 is 12.5. The van der Waals surface area contributed by atoms with Crippen LogP contribution < -0.4 is 4.74 Å². The van der Waals surface area contributed by atoms with E-state index in [0.29, 0.717) is 32.1 Å². The van der Waals surface area contributed by atoms with Crippen LogP contribution in [0.15, 0.2) is 83.8 Å². The number of thioether (sulfide) groups is 1. The fraction of sp³-hybridized carbons (Fsp3) is 0.0417. The Bertz CT molecular complexity index is 1160. The van der Waals surface area contributed by atoms with Crippen LogP contribution in [0.2, 0.25) is 5.02 Å². The molecule has 7 heteroatoms. The number of hydrogen-bond donors (Lipinski definition) is 0. The zero-order chi connectivity index (χ0) is 21.8. The number of benzene rings is 3. The molecule has 1 saturated heterocycles. The van der Waals surface area contributed by atoms with Crippen molar-refractivity contribution >= 4 is 57.9 Å². The SMILES string of the molecule is O=C(Oc1ccc(/C=C2\SC(=S)N(Cc3ccccc3)C2=O)cc1)c1ccc(Cl)cc1. The molecule has 0 spiro atoms. The minimum Gasteiger partial charge on any atom is -0.423 e. The molecule has 4 rings (SSSR count). The van der Waals surface area contributed by atoms with Crippen LogP contribution in [0.5, 0.6) is 5.75 Å². The van der Waals surface area contributed by atoms with Crippen molar-refractivity contribution in [1.29, 1.82) is 0 Å². The first kappa shape index (κ1) is 21.3. The van der Waals surface area contributed by atoms with Gasteiger partial charge in [0.25, 0.3) is 5.91 Å². The summed E-state index contributed by atoms with van der Waals surface area (Å²) < 4.78 is 5.92. The van der Waals surface area contributed by atoms with E-state index in [1.807, 2.05) is 30.3 Å². The lowest BCUT2D eigenvalue weighted by Crippen LogP contribution is -2.27. The maximum atomic E-state index is 12.8. The molecule has 1 heterocycles. The largest absolute Gasteiger partial charge is 0.423 e. The summed E-state index contributed by atoms with van der Waals surface area (Å²) in [7, 11) is 0. The smallest absolute Gasteiger partial charge is 0.343 e. The first-order valence-corrected chi connectivity index (χ1v) is 11.0. The summed E-state index contributed by atoms with van der Waals surface area (Å²) in [5.74, 6) is -0.169. The van der Waals surface area contributed by atoms with Crippen molar-refractivity contribution in [1.82, 2.24) is 4.90 Å². The van der Waals surface area contributed by atoms with Gasteiger partial charge in [-0.2, -0.15) is 0 Å². The second-order valence-electron chi connectivity index (χ2n) is 6.72. The number of amides is 1.